The van der Waals surface area contributed by atoms with Crippen molar-refractivity contribution in [1.82, 2.24) is 0 Å². The molecule has 2 aliphatic rings. The number of halogens is 3. The fraction of sp³-hybridized carbons (Fsp3) is 0.562. The van der Waals surface area contributed by atoms with Gasteiger partial charge >= 0.3 is 57.6 Å². The molecule has 3 rings (SSSR count). The van der Waals surface area contributed by atoms with E-state index in [-0.39, 0.29) is 74.0 Å². The van der Waals surface area contributed by atoms with Crippen LogP contribution in [-0.4, -0.2) is 17.8 Å². The molecule has 0 radical (unpaired) electrons. The van der Waals surface area contributed by atoms with Crippen molar-refractivity contribution in [2.75, 3.05) is 17.8 Å². The normalized spacial score (nSPS) is 28.7. The molecule has 8 heteroatoms. The van der Waals surface area contributed by atoms with Crippen LogP contribution in [0, 0.1) is 6.42 Å². The van der Waals surface area contributed by atoms with Crippen LogP contribution in [0.2, 0.25) is 0 Å². The Balaban J connectivity index is 0.00000208. The van der Waals surface area contributed by atoms with E-state index in [2.05, 4.69) is 18.8 Å². The summed E-state index contributed by atoms with van der Waals surface area (Å²) in [6, 6.07) is 3.61. The van der Waals surface area contributed by atoms with Crippen LogP contribution in [0.5, 0.6) is 0 Å². The van der Waals surface area contributed by atoms with Gasteiger partial charge in [0.05, 0.1) is 17.9 Å². The number of nitrogens with two attached hydrogens (primary N) is 1. The van der Waals surface area contributed by atoms with Crippen LogP contribution in [0.25, 0.3) is 0 Å². The molecular weight excluding hydrogens is 348 g/mol. The van der Waals surface area contributed by atoms with E-state index in [9.17, 15) is 13.2 Å². The van der Waals surface area contributed by atoms with Gasteiger partial charge in [0.1, 0.15) is 0 Å². The zero-order valence-electron chi connectivity index (χ0n) is 13.9. The molecular formula is C16H20F3KN2O2. The van der Waals surface area contributed by atoms with Crippen molar-refractivity contribution < 1.29 is 74.1 Å². The summed E-state index contributed by atoms with van der Waals surface area (Å²) in [5, 5.41) is 0. The predicted octanol–water partition coefficient (Wildman–Crippen LogP) is 0.941. The van der Waals surface area contributed by atoms with Crippen LogP contribution in [0.1, 0.15) is 38.2 Å². The average Bonchev–Trinajstić information content (AvgIpc) is 2.98. The Labute approximate surface area is 182 Å². The molecule has 0 aromatic heterocycles. The van der Waals surface area contributed by atoms with Crippen LogP contribution in [0.4, 0.5) is 24.5 Å². The Kier molecular flexibility index (Phi) is 6.33. The van der Waals surface area contributed by atoms with Crippen LogP contribution in [0.3, 0.4) is 0 Å². The second kappa shape index (κ2) is 7.42. The second-order valence-electron chi connectivity index (χ2n) is 6.51. The molecule has 0 spiro atoms. The van der Waals surface area contributed by atoms with Gasteiger partial charge in [-0.3, -0.25) is 16.7 Å². The Morgan fingerprint density at radius 1 is 1.38 bits per heavy atom. The van der Waals surface area contributed by atoms with E-state index in [1.54, 1.807) is 0 Å². The first kappa shape index (κ1) is 20.5. The van der Waals surface area contributed by atoms with E-state index in [0.717, 1.165) is 25.3 Å². The third-order valence-corrected chi connectivity index (χ3v) is 4.64. The third-order valence-electron chi connectivity index (χ3n) is 4.64. The van der Waals surface area contributed by atoms with Crippen molar-refractivity contribution in [3.63, 3.8) is 0 Å². The summed E-state index contributed by atoms with van der Waals surface area (Å²) in [7, 11) is 0. The summed E-state index contributed by atoms with van der Waals surface area (Å²) in [5.74, 6) is 0. The van der Waals surface area contributed by atoms with Crippen molar-refractivity contribution >= 4 is 11.4 Å². The van der Waals surface area contributed by atoms with Gasteiger partial charge in [0.25, 0.3) is 0 Å². The van der Waals surface area contributed by atoms with Gasteiger partial charge < -0.3 is 10.5 Å². The van der Waals surface area contributed by atoms with Crippen LogP contribution >= 0.6 is 0 Å². The quantitative estimate of drug-likeness (QED) is 0.267. The van der Waals surface area contributed by atoms with E-state index >= 15 is 0 Å². The molecule has 2 fully saturated rings. The first-order valence-corrected chi connectivity index (χ1v) is 7.61. The molecule has 0 amide bonds. The zero-order chi connectivity index (χ0) is 16.7. The monoisotopic (exact) mass is 368 g/mol. The maximum absolute atomic E-state index is 12.8. The van der Waals surface area contributed by atoms with Gasteiger partial charge in [-0.2, -0.15) is 13.2 Å². The van der Waals surface area contributed by atoms with Crippen molar-refractivity contribution in [2.24, 2.45) is 0 Å². The molecule has 2 heterocycles. The minimum Gasteiger partial charge on any atom is -0.403 e. The molecule has 2 saturated heterocycles. The fourth-order valence-corrected chi connectivity index (χ4v) is 3.28. The van der Waals surface area contributed by atoms with E-state index in [4.69, 9.17) is 15.3 Å². The molecule has 2 bridgehead atoms. The molecule has 24 heavy (non-hydrogen) atoms. The van der Waals surface area contributed by atoms with Gasteiger partial charge in [-0.05, 0) is 37.5 Å². The number of benzene rings is 1. The van der Waals surface area contributed by atoms with Gasteiger partial charge in [-0.25, -0.2) is 0 Å². The topological polar surface area (TPSA) is 56.5 Å². The van der Waals surface area contributed by atoms with Gasteiger partial charge in [0, 0.05) is 11.3 Å². The van der Waals surface area contributed by atoms with Crippen molar-refractivity contribution in [1.29, 1.82) is 0 Å². The minimum atomic E-state index is -4.48. The summed E-state index contributed by atoms with van der Waals surface area (Å²) in [6.07, 6.45) is 1.30. The fourth-order valence-electron chi connectivity index (χ4n) is 3.28. The molecule has 0 saturated carbocycles. The molecule has 2 atom stereocenters. The van der Waals surface area contributed by atoms with Crippen LogP contribution in [-0.2, 0) is 15.8 Å². The standard InChI is InChI=1S/C16H20F3N2O2.K/c1-14-4-6-15(23-14,7-5-14)8-9-22-21-11-2-3-13(20)12(10-11)16(17,18)19;/h2-4,10,21H,5-9,20H2,1H3;/q-1;+1. The van der Waals surface area contributed by atoms with Gasteiger partial charge in [0.2, 0.25) is 0 Å². The van der Waals surface area contributed by atoms with Crippen molar-refractivity contribution in [3.8, 4) is 0 Å². The summed E-state index contributed by atoms with van der Waals surface area (Å²) >= 11 is 0. The Morgan fingerprint density at radius 3 is 2.67 bits per heavy atom. The van der Waals surface area contributed by atoms with Gasteiger partial charge in [-0.1, -0.05) is 12.5 Å². The number of nitrogen functional groups attached to an aromatic ring is 1. The Hall–Kier alpha value is 0.166. The first-order valence-electron chi connectivity index (χ1n) is 7.61. The maximum atomic E-state index is 12.8. The van der Waals surface area contributed by atoms with Gasteiger partial charge in [0.15, 0.2) is 0 Å². The number of hydrogen-bond acceptors (Lipinski definition) is 4. The number of rotatable bonds is 5. The van der Waals surface area contributed by atoms with E-state index < -0.39 is 11.7 Å². The summed E-state index contributed by atoms with van der Waals surface area (Å²) < 4.78 is 44.4. The van der Waals surface area contributed by atoms with Crippen molar-refractivity contribution in [3.05, 3.63) is 30.2 Å². The number of anilines is 2. The summed E-state index contributed by atoms with van der Waals surface area (Å²) in [4.78, 5) is 5.32. The number of alkyl halides is 3. The maximum Gasteiger partial charge on any atom is 1.00 e. The Morgan fingerprint density at radius 2 is 2.12 bits per heavy atom. The predicted molar refractivity (Wildman–Crippen MR) is 80.4 cm³/mol. The van der Waals surface area contributed by atoms with Gasteiger partial charge in [-0.15, -0.1) is 6.42 Å². The molecule has 128 valence electrons. The van der Waals surface area contributed by atoms with E-state index in [1.807, 2.05) is 0 Å². The smallest absolute Gasteiger partial charge is 0.403 e. The summed E-state index contributed by atoms with van der Waals surface area (Å²) in [6.45, 7) is 2.43. The number of fused-ring (bicyclic) bond motifs is 2. The third kappa shape index (κ3) is 4.46. The molecule has 1 aromatic carbocycles. The summed E-state index contributed by atoms with van der Waals surface area (Å²) in [5.41, 5.74) is 6.66. The molecule has 3 N–H and O–H groups in total. The first-order chi connectivity index (χ1) is 10.7. The molecule has 0 aliphatic carbocycles. The van der Waals surface area contributed by atoms with Crippen LogP contribution < -0.4 is 62.6 Å². The number of ether oxygens (including phenoxy) is 1. The molecule has 1 aromatic rings. The molecule has 2 unspecified atom stereocenters. The van der Waals surface area contributed by atoms with E-state index in [1.165, 1.54) is 12.1 Å². The van der Waals surface area contributed by atoms with Crippen LogP contribution in [0.15, 0.2) is 18.2 Å². The Bertz CT molecular complexity index is 587. The molecule has 2 aliphatic heterocycles. The SMILES string of the molecule is CC12[CH-]CC(CCONc3ccc(N)c(C(F)(F)F)c3)(CC1)O2.[K+]. The minimum absolute atomic E-state index is 0. The molecule has 4 nitrogen and oxygen atoms in total. The zero-order valence-corrected chi connectivity index (χ0v) is 17.0. The largest absolute Gasteiger partial charge is 1.00 e. The number of hydrogen-bond donors (Lipinski definition) is 2. The van der Waals surface area contributed by atoms with Crippen molar-refractivity contribution in [2.45, 2.75) is 50.0 Å². The number of nitrogens with one attached hydrogen (secondary N) is 1. The average molecular weight is 368 g/mol. The van der Waals surface area contributed by atoms with E-state index in [0.29, 0.717) is 13.0 Å². The second-order valence-corrected chi connectivity index (χ2v) is 6.51.